The number of halogens is 2. The molecular formula is C22H28Cl2N2O2. The lowest BCUT2D eigenvalue weighted by molar-refractivity contribution is -0.131. The van der Waals surface area contributed by atoms with Crippen molar-refractivity contribution < 1.29 is 9.53 Å². The van der Waals surface area contributed by atoms with Crippen LogP contribution in [0.25, 0.3) is 0 Å². The second-order valence-electron chi connectivity index (χ2n) is 6.74. The Hall–Kier alpha value is -1.59. The molecule has 0 saturated carbocycles. The molecular weight excluding hydrogens is 395 g/mol. The zero-order valence-corrected chi connectivity index (χ0v) is 18.2. The van der Waals surface area contributed by atoms with E-state index >= 15 is 0 Å². The van der Waals surface area contributed by atoms with Crippen LogP contribution >= 0.6 is 23.2 Å². The summed E-state index contributed by atoms with van der Waals surface area (Å²) < 4.78 is 5.22. The summed E-state index contributed by atoms with van der Waals surface area (Å²) in [5.41, 5.74) is 1.97. The van der Waals surface area contributed by atoms with Crippen LogP contribution in [0, 0.1) is 0 Å². The number of carbonyl (C=O) groups excluding carboxylic acids is 1. The highest BCUT2D eigenvalue weighted by atomic mass is 35.5. The molecule has 28 heavy (non-hydrogen) atoms. The van der Waals surface area contributed by atoms with Crippen molar-refractivity contribution in [2.45, 2.75) is 19.4 Å². The fourth-order valence-electron chi connectivity index (χ4n) is 3.09. The second-order valence-corrected chi connectivity index (χ2v) is 7.56. The van der Waals surface area contributed by atoms with Crippen LogP contribution in [0.4, 0.5) is 0 Å². The quantitative estimate of drug-likeness (QED) is 0.555. The van der Waals surface area contributed by atoms with Crippen molar-refractivity contribution in [2.75, 3.05) is 40.4 Å². The predicted molar refractivity (Wildman–Crippen MR) is 116 cm³/mol. The normalized spacial score (nSPS) is 12.2. The number of rotatable bonds is 10. The van der Waals surface area contributed by atoms with Crippen molar-refractivity contribution >= 4 is 29.1 Å². The molecule has 0 bridgehead atoms. The van der Waals surface area contributed by atoms with Crippen molar-refractivity contribution in [2.24, 2.45) is 0 Å². The second kappa shape index (κ2) is 11.4. The molecule has 1 amide bonds. The van der Waals surface area contributed by atoms with Crippen LogP contribution in [0.15, 0.2) is 48.5 Å². The molecule has 2 aromatic carbocycles. The van der Waals surface area contributed by atoms with Crippen LogP contribution in [0.2, 0.25) is 10.0 Å². The first-order valence-corrected chi connectivity index (χ1v) is 10.2. The van der Waals surface area contributed by atoms with Crippen LogP contribution in [0.3, 0.4) is 0 Å². The minimum atomic E-state index is -0.0479. The molecule has 0 heterocycles. The molecule has 4 nitrogen and oxygen atoms in total. The topological polar surface area (TPSA) is 32.8 Å². The van der Waals surface area contributed by atoms with E-state index in [1.165, 1.54) is 0 Å². The van der Waals surface area contributed by atoms with Crippen LogP contribution in [0.1, 0.15) is 24.1 Å². The third-order valence-electron chi connectivity index (χ3n) is 4.87. The molecule has 0 fully saturated rings. The van der Waals surface area contributed by atoms with Gasteiger partial charge in [-0.05, 0) is 29.8 Å². The van der Waals surface area contributed by atoms with Gasteiger partial charge in [0.15, 0.2) is 0 Å². The Bertz CT molecular complexity index is 755. The fourth-order valence-corrected chi connectivity index (χ4v) is 3.41. The summed E-state index contributed by atoms with van der Waals surface area (Å²) in [7, 11) is 3.57. The summed E-state index contributed by atoms with van der Waals surface area (Å²) in [6.45, 7) is 5.24. The van der Waals surface area contributed by atoms with Gasteiger partial charge in [-0.1, -0.05) is 66.5 Å². The van der Waals surface area contributed by atoms with Gasteiger partial charge in [0.2, 0.25) is 5.91 Å². The van der Waals surface area contributed by atoms with E-state index in [0.717, 1.165) is 30.8 Å². The lowest BCUT2D eigenvalue weighted by Gasteiger charge is -2.33. The fraction of sp³-hybridized carbons (Fsp3) is 0.409. The lowest BCUT2D eigenvalue weighted by atomic mass is 10.0. The Kier molecular flexibility index (Phi) is 9.26. The van der Waals surface area contributed by atoms with E-state index in [1.54, 1.807) is 19.2 Å². The summed E-state index contributed by atoms with van der Waals surface area (Å²) >= 11 is 12.1. The van der Waals surface area contributed by atoms with Crippen molar-refractivity contribution in [3.63, 3.8) is 0 Å². The molecule has 2 aromatic rings. The summed E-state index contributed by atoms with van der Waals surface area (Å²) in [6.07, 6.45) is 0.279. The highest BCUT2D eigenvalue weighted by Crippen LogP contribution is 2.25. The van der Waals surface area contributed by atoms with Gasteiger partial charge in [-0.2, -0.15) is 0 Å². The van der Waals surface area contributed by atoms with E-state index in [-0.39, 0.29) is 18.4 Å². The van der Waals surface area contributed by atoms with Gasteiger partial charge in [0.05, 0.1) is 29.1 Å². The molecule has 6 heteroatoms. The van der Waals surface area contributed by atoms with Crippen molar-refractivity contribution in [1.29, 1.82) is 0 Å². The molecule has 0 aliphatic carbocycles. The van der Waals surface area contributed by atoms with Gasteiger partial charge in [-0.25, -0.2) is 0 Å². The maximum Gasteiger partial charge on any atom is 0.227 e. The number of methoxy groups -OCH3 is 1. The van der Waals surface area contributed by atoms with Gasteiger partial charge in [0.25, 0.3) is 0 Å². The number of likely N-dealkylation sites (N-methyl/N-ethyl adjacent to an activating group) is 2. The van der Waals surface area contributed by atoms with E-state index in [1.807, 2.05) is 36.2 Å². The first kappa shape index (κ1) is 22.7. The van der Waals surface area contributed by atoms with Crippen LogP contribution in [0.5, 0.6) is 0 Å². The number of ether oxygens (including phenoxy) is 1. The Balaban J connectivity index is 2.18. The van der Waals surface area contributed by atoms with Gasteiger partial charge >= 0.3 is 0 Å². The van der Waals surface area contributed by atoms with E-state index in [0.29, 0.717) is 16.7 Å². The maximum absolute atomic E-state index is 13.0. The third kappa shape index (κ3) is 6.49. The zero-order chi connectivity index (χ0) is 20.5. The number of hydrogen-bond donors (Lipinski definition) is 0. The predicted octanol–water partition coefficient (Wildman–Crippen LogP) is 4.70. The van der Waals surface area contributed by atoms with Gasteiger partial charge < -0.3 is 9.64 Å². The smallest absolute Gasteiger partial charge is 0.227 e. The summed E-state index contributed by atoms with van der Waals surface area (Å²) in [5.74, 6) is 0.0371. The first-order chi connectivity index (χ1) is 13.5. The van der Waals surface area contributed by atoms with Gasteiger partial charge in [0.1, 0.15) is 0 Å². The first-order valence-electron chi connectivity index (χ1n) is 9.42. The number of amides is 1. The summed E-state index contributed by atoms with van der Waals surface area (Å²) in [4.78, 5) is 17.1. The van der Waals surface area contributed by atoms with Crippen molar-refractivity contribution in [3.8, 4) is 0 Å². The zero-order valence-electron chi connectivity index (χ0n) is 16.7. The van der Waals surface area contributed by atoms with Crippen molar-refractivity contribution in [1.82, 2.24) is 9.80 Å². The van der Waals surface area contributed by atoms with Gasteiger partial charge in [0, 0.05) is 27.2 Å². The maximum atomic E-state index is 13.0. The third-order valence-corrected chi connectivity index (χ3v) is 5.61. The largest absolute Gasteiger partial charge is 0.383 e. The molecule has 1 atom stereocenters. The highest BCUT2D eigenvalue weighted by Gasteiger charge is 2.24. The summed E-state index contributed by atoms with van der Waals surface area (Å²) in [6, 6.07) is 15.4. The molecule has 0 aromatic heterocycles. The minimum Gasteiger partial charge on any atom is -0.383 e. The highest BCUT2D eigenvalue weighted by molar-refractivity contribution is 6.42. The number of carbonyl (C=O) groups is 1. The average Bonchev–Trinajstić information content (AvgIpc) is 2.71. The number of nitrogens with zero attached hydrogens (tertiary/aromatic N) is 2. The van der Waals surface area contributed by atoms with Crippen molar-refractivity contribution in [3.05, 3.63) is 69.7 Å². The molecule has 0 aliphatic rings. The molecule has 2 rings (SSSR count). The van der Waals surface area contributed by atoms with E-state index in [2.05, 4.69) is 24.0 Å². The van der Waals surface area contributed by atoms with E-state index in [9.17, 15) is 4.79 Å². The van der Waals surface area contributed by atoms with Gasteiger partial charge in [-0.15, -0.1) is 0 Å². The molecule has 0 aliphatic heterocycles. The standard InChI is InChI=1S/C22H28Cl2N2O2/c1-4-26(12-13-28-3)16-21(18-8-6-5-7-9-18)25(2)22(27)15-17-10-11-19(23)20(24)14-17/h5-11,14,21H,4,12-13,15-16H2,1-3H3. The Morgan fingerprint density at radius 3 is 2.43 bits per heavy atom. The SMILES string of the molecule is CCN(CCOC)CC(c1ccccc1)N(C)C(=O)Cc1ccc(Cl)c(Cl)c1. The molecule has 0 radical (unpaired) electrons. The lowest BCUT2D eigenvalue weighted by Crippen LogP contribution is -2.41. The molecule has 0 spiro atoms. The molecule has 152 valence electrons. The number of hydrogen-bond acceptors (Lipinski definition) is 3. The number of benzene rings is 2. The Morgan fingerprint density at radius 1 is 1.11 bits per heavy atom. The Morgan fingerprint density at radius 2 is 1.82 bits per heavy atom. The summed E-state index contributed by atoms with van der Waals surface area (Å²) in [5, 5.41) is 0.955. The molecule has 1 unspecified atom stereocenters. The van der Waals surface area contributed by atoms with Crippen LogP contribution in [-0.2, 0) is 16.0 Å². The minimum absolute atomic E-state index is 0.0371. The van der Waals surface area contributed by atoms with E-state index in [4.69, 9.17) is 27.9 Å². The van der Waals surface area contributed by atoms with Crippen LogP contribution in [-0.4, -0.2) is 56.1 Å². The van der Waals surface area contributed by atoms with Crippen LogP contribution < -0.4 is 0 Å². The van der Waals surface area contributed by atoms with E-state index < -0.39 is 0 Å². The average molecular weight is 423 g/mol. The Labute approximate surface area is 178 Å². The monoisotopic (exact) mass is 422 g/mol. The van der Waals surface area contributed by atoms with Gasteiger partial charge in [-0.3, -0.25) is 9.69 Å². The molecule has 0 N–H and O–H groups in total. The molecule has 0 saturated heterocycles.